The second kappa shape index (κ2) is 16.0. The third kappa shape index (κ3) is 9.14. The van der Waals surface area contributed by atoms with Gasteiger partial charge in [0.25, 0.3) is 0 Å². The zero-order chi connectivity index (χ0) is 25.1. The van der Waals surface area contributed by atoms with Gasteiger partial charge in [-0.05, 0) is 6.42 Å². The van der Waals surface area contributed by atoms with Crippen LogP contribution in [0.25, 0.3) is 0 Å². The Morgan fingerprint density at radius 3 is 2.06 bits per heavy atom. The number of aliphatic hydroxyl groups excluding tert-OH is 6. The van der Waals surface area contributed by atoms with Gasteiger partial charge in [-0.2, -0.15) is 0 Å². The highest BCUT2D eigenvalue weighted by Crippen LogP contribution is 2.35. The van der Waals surface area contributed by atoms with Gasteiger partial charge >= 0.3 is 0 Å². The molecule has 2 saturated heterocycles. The molecule has 10 atom stereocenters. The highest BCUT2D eigenvalue weighted by molar-refractivity contribution is 8.00. The van der Waals surface area contributed by atoms with Gasteiger partial charge in [0.2, 0.25) is 0 Å². The Bertz CT molecular complexity index is 541. The van der Waals surface area contributed by atoms with Crippen molar-refractivity contribution in [2.24, 2.45) is 0 Å². The average molecular weight is 511 g/mol. The predicted molar refractivity (Wildman–Crippen MR) is 129 cm³/mol. The van der Waals surface area contributed by atoms with Crippen LogP contribution in [0.5, 0.6) is 0 Å². The van der Waals surface area contributed by atoms with E-state index in [0.717, 1.165) is 12.8 Å². The zero-order valence-electron chi connectivity index (χ0n) is 20.6. The van der Waals surface area contributed by atoms with Crippen LogP contribution < -0.4 is 0 Å². The van der Waals surface area contributed by atoms with Crippen molar-refractivity contribution >= 4 is 11.8 Å². The van der Waals surface area contributed by atoms with Gasteiger partial charge in [-0.25, -0.2) is 0 Å². The maximum absolute atomic E-state index is 10.7. The molecule has 0 spiro atoms. The summed E-state index contributed by atoms with van der Waals surface area (Å²) in [5.74, 6) is 0. The van der Waals surface area contributed by atoms with Crippen LogP contribution in [0.3, 0.4) is 0 Å². The summed E-state index contributed by atoms with van der Waals surface area (Å²) in [6, 6.07) is 0. The van der Waals surface area contributed by atoms with Crippen LogP contribution in [-0.2, 0) is 14.2 Å². The highest BCUT2D eigenvalue weighted by atomic mass is 32.2. The molecule has 0 saturated carbocycles. The molecule has 10 heteroatoms. The van der Waals surface area contributed by atoms with E-state index in [0.29, 0.717) is 5.25 Å². The van der Waals surface area contributed by atoms with Crippen LogP contribution in [0.15, 0.2) is 0 Å². The van der Waals surface area contributed by atoms with Gasteiger partial charge < -0.3 is 44.8 Å². The van der Waals surface area contributed by atoms with Crippen LogP contribution >= 0.6 is 11.8 Å². The van der Waals surface area contributed by atoms with Crippen molar-refractivity contribution in [3.05, 3.63) is 0 Å². The molecule has 0 radical (unpaired) electrons. The minimum Gasteiger partial charge on any atom is -0.394 e. The van der Waals surface area contributed by atoms with Crippen molar-refractivity contribution in [2.75, 3.05) is 13.2 Å². The van der Waals surface area contributed by atoms with Gasteiger partial charge in [0.05, 0.1) is 25.4 Å². The quantitative estimate of drug-likeness (QED) is 0.178. The normalized spacial score (nSPS) is 37.6. The first kappa shape index (κ1) is 30.2. The summed E-state index contributed by atoms with van der Waals surface area (Å²) in [7, 11) is 0. The molecule has 202 valence electrons. The minimum atomic E-state index is -1.56. The summed E-state index contributed by atoms with van der Waals surface area (Å²) < 4.78 is 17.1. The number of rotatable bonds is 15. The van der Waals surface area contributed by atoms with Gasteiger partial charge in [-0.3, -0.25) is 0 Å². The molecule has 2 aliphatic rings. The lowest BCUT2D eigenvalue weighted by atomic mass is 9.98. The Morgan fingerprint density at radius 1 is 0.824 bits per heavy atom. The van der Waals surface area contributed by atoms with Crippen molar-refractivity contribution in [3.63, 3.8) is 0 Å². The Hall–Kier alpha value is -0.0100. The minimum absolute atomic E-state index is 0.155. The second-order valence-corrected chi connectivity index (χ2v) is 11.2. The molecule has 9 nitrogen and oxygen atoms in total. The van der Waals surface area contributed by atoms with E-state index < -0.39 is 61.1 Å². The molecule has 0 aromatic carbocycles. The number of aliphatic hydroxyl groups is 6. The smallest absolute Gasteiger partial charge is 0.187 e. The maximum Gasteiger partial charge on any atom is 0.187 e. The molecule has 10 unspecified atom stereocenters. The Balaban J connectivity index is 1.76. The van der Waals surface area contributed by atoms with E-state index in [4.69, 9.17) is 14.2 Å². The van der Waals surface area contributed by atoms with Gasteiger partial charge in [-0.1, -0.05) is 65.2 Å². The average Bonchev–Trinajstić information content (AvgIpc) is 2.82. The summed E-state index contributed by atoms with van der Waals surface area (Å²) in [4.78, 5) is 0. The Kier molecular flexibility index (Phi) is 14.2. The van der Waals surface area contributed by atoms with Gasteiger partial charge in [0, 0.05) is 11.7 Å². The molecular formula is C24H46O9S. The van der Waals surface area contributed by atoms with Crippen molar-refractivity contribution in [1.29, 1.82) is 0 Å². The fourth-order valence-electron chi connectivity index (χ4n) is 4.49. The molecule has 6 N–H and O–H groups in total. The molecule has 34 heavy (non-hydrogen) atoms. The van der Waals surface area contributed by atoms with Gasteiger partial charge in [-0.15, -0.1) is 11.8 Å². The van der Waals surface area contributed by atoms with Crippen molar-refractivity contribution in [3.8, 4) is 0 Å². The molecule has 0 amide bonds. The summed E-state index contributed by atoms with van der Waals surface area (Å²) >= 11 is 1.55. The van der Waals surface area contributed by atoms with Crippen LogP contribution in [0.1, 0.15) is 78.1 Å². The highest BCUT2D eigenvalue weighted by Gasteiger charge is 2.47. The van der Waals surface area contributed by atoms with E-state index in [-0.39, 0.29) is 13.0 Å². The number of ether oxygens (including phenoxy) is 3. The van der Waals surface area contributed by atoms with Gasteiger partial charge in [0.15, 0.2) is 6.29 Å². The van der Waals surface area contributed by atoms with Crippen molar-refractivity contribution < 1.29 is 44.8 Å². The number of hydrogen-bond acceptors (Lipinski definition) is 10. The van der Waals surface area contributed by atoms with E-state index in [1.54, 1.807) is 11.8 Å². The van der Waals surface area contributed by atoms with Crippen molar-refractivity contribution in [2.45, 2.75) is 138 Å². The van der Waals surface area contributed by atoms with E-state index in [9.17, 15) is 30.6 Å². The van der Waals surface area contributed by atoms with Gasteiger partial charge in [0.1, 0.15) is 36.0 Å². The van der Waals surface area contributed by atoms with Crippen molar-refractivity contribution in [1.82, 2.24) is 0 Å². The zero-order valence-corrected chi connectivity index (χ0v) is 21.4. The number of unbranched alkanes of at least 4 members (excludes halogenated alkanes) is 7. The Morgan fingerprint density at radius 2 is 1.44 bits per heavy atom. The van der Waals surface area contributed by atoms with E-state index >= 15 is 0 Å². The largest absolute Gasteiger partial charge is 0.394 e. The molecule has 2 fully saturated rings. The lowest BCUT2D eigenvalue weighted by Gasteiger charge is -2.44. The fraction of sp³-hybridized carbons (Fsp3) is 1.00. The topological polar surface area (TPSA) is 149 Å². The second-order valence-electron chi connectivity index (χ2n) is 9.61. The van der Waals surface area contributed by atoms with Crippen LogP contribution in [0.4, 0.5) is 0 Å². The van der Waals surface area contributed by atoms with E-state index in [1.807, 2.05) is 0 Å². The molecule has 0 aliphatic carbocycles. The summed E-state index contributed by atoms with van der Waals surface area (Å²) in [6.45, 7) is 3.43. The standard InChI is InChI=1S/C24H46O9S/c1-3-4-5-6-7-8-9-10-11-15(2)34-24-16(27)12-17(18(13-25)33-24)31-23-22(30)21(29)20(28)19(14-26)32-23/h15-30H,3-14H2,1-2H3. The molecular weight excluding hydrogens is 464 g/mol. The summed E-state index contributed by atoms with van der Waals surface area (Å²) in [5.41, 5.74) is -0.504. The lowest BCUT2D eigenvalue weighted by molar-refractivity contribution is -0.326. The van der Waals surface area contributed by atoms with Crippen LogP contribution in [0, 0.1) is 0 Å². The molecule has 2 rings (SSSR count). The molecule has 0 aromatic heterocycles. The predicted octanol–water partition coefficient (Wildman–Crippen LogP) is 1.29. The fourth-order valence-corrected chi connectivity index (χ4v) is 5.75. The molecule has 2 aliphatic heterocycles. The Labute approximate surface area is 207 Å². The third-order valence-corrected chi connectivity index (χ3v) is 8.07. The summed E-state index contributed by atoms with van der Waals surface area (Å²) in [6.07, 6.45) is 1.91. The number of thioether (sulfide) groups is 1. The third-order valence-electron chi connectivity index (χ3n) is 6.68. The van der Waals surface area contributed by atoms with E-state index in [1.165, 1.54) is 44.9 Å². The first-order valence-electron chi connectivity index (χ1n) is 12.9. The molecule has 2 heterocycles. The number of hydrogen-bond donors (Lipinski definition) is 6. The molecule has 0 bridgehead atoms. The summed E-state index contributed by atoms with van der Waals surface area (Å²) in [5, 5.41) is 60.2. The monoisotopic (exact) mass is 510 g/mol. The molecule has 0 aromatic rings. The first-order valence-corrected chi connectivity index (χ1v) is 13.8. The first-order chi connectivity index (χ1) is 16.3. The SMILES string of the molecule is CCCCCCCCCCC(C)SC1OC(CO)C(OC2OC(CO)C(O)C(O)C2O)CC1O. The van der Waals surface area contributed by atoms with Crippen LogP contribution in [0.2, 0.25) is 0 Å². The maximum atomic E-state index is 10.7. The van der Waals surface area contributed by atoms with E-state index in [2.05, 4.69) is 13.8 Å². The lowest BCUT2D eigenvalue weighted by Crippen LogP contribution is -2.61. The van der Waals surface area contributed by atoms with Crippen LogP contribution in [-0.4, -0.2) is 104 Å².